The van der Waals surface area contributed by atoms with Crippen LogP contribution in [0.2, 0.25) is 0 Å². The second-order valence-electron chi connectivity index (χ2n) is 5.04. The maximum absolute atomic E-state index is 5.18. The summed E-state index contributed by atoms with van der Waals surface area (Å²) in [6.45, 7) is 2.26. The van der Waals surface area contributed by atoms with Gasteiger partial charge in [-0.2, -0.15) is 0 Å². The molecule has 1 unspecified atom stereocenters. The van der Waals surface area contributed by atoms with Gasteiger partial charge in [-0.15, -0.1) is 0 Å². The molecule has 2 aromatic carbocycles. The fourth-order valence-corrected chi connectivity index (χ4v) is 3.34. The zero-order valence-corrected chi connectivity index (χ0v) is 12.5. The SMILES string of the molecule is COc1ccc(Sc2ccc(C3CCNC3)cc2)cc1. The molecule has 0 amide bonds. The molecule has 2 nitrogen and oxygen atoms in total. The summed E-state index contributed by atoms with van der Waals surface area (Å²) < 4.78 is 5.18. The minimum Gasteiger partial charge on any atom is -0.497 e. The molecule has 0 spiro atoms. The van der Waals surface area contributed by atoms with Gasteiger partial charge in [0.1, 0.15) is 5.75 Å². The van der Waals surface area contributed by atoms with Crippen molar-refractivity contribution in [3.05, 3.63) is 54.1 Å². The maximum atomic E-state index is 5.18. The van der Waals surface area contributed by atoms with Crippen molar-refractivity contribution in [3.8, 4) is 5.75 Å². The summed E-state index contributed by atoms with van der Waals surface area (Å²) in [6, 6.07) is 17.2. The van der Waals surface area contributed by atoms with Crippen LogP contribution in [0.1, 0.15) is 17.9 Å². The van der Waals surface area contributed by atoms with Gasteiger partial charge < -0.3 is 10.1 Å². The molecule has 1 fully saturated rings. The van der Waals surface area contributed by atoms with E-state index in [2.05, 4.69) is 41.7 Å². The number of hydrogen-bond donors (Lipinski definition) is 1. The first-order valence-corrected chi connectivity index (χ1v) is 7.79. The average molecular weight is 285 g/mol. The second kappa shape index (κ2) is 6.33. The Labute approximate surface area is 124 Å². The van der Waals surface area contributed by atoms with Gasteiger partial charge in [0.25, 0.3) is 0 Å². The van der Waals surface area contributed by atoms with E-state index in [1.807, 2.05) is 12.1 Å². The van der Waals surface area contributed by atoms with Crippen molar-refractivity contribution in [3.63, 3.8) is 0 Å². The van der Waals surface area contributed by atoms with Crippen LogP contribution in [0.5, 0.6) is 5.75 Å². The fourth-order valence-electron chi connectivity index (χ4n) is 2.53. The first-order valence-electron chi connectivity index (χ1n) is 6.98. The van der Waals surface area contributed by atoms with E-state index >= 15 is 0 Å². The Morgan fingerprint density at radius 1 is 1.00 bits per heavy atom. The smallest absolute Gasteiger partial charge is 0.118 e. The molecule has 1 aliphatic heterocycles. The number of ether oxygens (including phenoxy) is 1. The standard InChI is InChI=1S/C17H19NOS/c1-19-15-4-8-17(9-5-15)20-16-6-2-13(3-7-16)14-10-11-18-12-14/h2-9,14,18H,10-12H2,1H3. The van der Waals surface area contributed by atoms with Gasteiger partial charge in [-0.3, -0.25) is 0 Å². The van der Waals surface area contributed by atoms with Crippen LogP contribution in [-0.4, -0.2) is 20.2 Å². The van der Waals surface area contributed by atoms with Gasteiger partial charge in [0.2, 0.25) is 0 Å². The zero-order valence-electron chi connectivity index (χ0n) is 11.6. The summed E-state index contributed by atoms with van der Waals surface area (Å²) in [5.41, 5.74) is 1.45. The Morgan fingerprint density at radius 2 is 1.65 bits per heavy atom. The lowest BCUT2D eigenvalue weighted by molar-refractivity contribution is 0.414. The topological polar surface area (TPSA) is 21.3 Å². The third-order valence-electron chi connectivity index (χ3n) is 3.71. The highest BCUT2D eigenvalue weighted by molar-refractivity contribution is 7.99. The highest BCUT2D eigenvalue weighted by atomic mass is 32.2. The van der Waals surface area contributed by atoms with Gasteiger partial charge >= 0.3 is 0 Å². The summed E-state index contributed by atoms with van der Waals surface area (Å²) in [4.78, 5) is 2.52. The maximum Gasteiger partial charge on any atom is 0.118 e. The summed E-state index contributed by atoms with van der Waals surface area (Å²) in [6.07, 6.45) is 1.25. The van der Waals surface area contributed by atoms with Crippen LogP contribution in [0.3, 0.4) is 0 Å². The molecule has 3 heteroatoms. The Kier molecular flexibility index (Phi) is 4.28. The van der Waals surface area contributed by atoms with Crippen LogP contribution >= 0.6 is 11.8 Å². The summed E-state index contributed by atoms with van der Waals surface area (Å²) in [7, 11) is 1.69. The number of hydrogen-bond acceptors (Lipinski definition) is 3. The molecule has 104 valence electrons. The molecule has 1 aliphatic rings. The molecular formula is C17H19NOS. The van der Waals surface area contributed by atoms with Crippen LogP contribution in [0.15, 0.2) is 58.3 Å². The summed E-state index contributed by atoms with van der Waals surface area (Å²) in [5, 5.41) is 3.42. The largest absolute Gasteiger partial charge is 0.497 e. The van der Waals surface area contributed by atoms with Crippen molar-refractivity contribution in [1.29, 1.82) is 0 Å². The van der Waals surface area contributed by atoms with Crippen LogP contribution in [0.25, 0.3) is 0 Å². The van der Waals surface area contributed by atoms with Gasteiger partial charge in [0, 0.05) is 16.3 Å². The van der Waals surface area contributed by atoms with Crippen LogP contribution < -0.4 is 10.1 Å². The minimum absolute atomic E-state index is 0.690. The normalized spacial score (nSPS) is 18.1. The highest BCUT2D eigenvalue weighted by Gasteiger charge is 2.16. The first-order chi connectivity index (χ1) is 9.85. The predicted molar refractivity (Wildman–Crippen MR) is 83.8 cm³/mol. The van der Waals surface area contributed by atoms with Crippen LogP contribution in [0.4, 0.5) is 0 Å². The molecule has 0 bridgehead atoms. The predicted octanol–water partition coefficient (Wildman–Crippen LogP) is 3.92. The van der Waals surface area contributed by atoms with Crippen molar-refractivity contribution >= 4 is 11.8 Å². The van der Waals surface area contributed by atoms with Gasteiger partial charge in [-0.05, 0) is 60.8 Å². The summed E-state index contributed by atoms with van der Waals surface area (Å²) in [5.74, 6) is 1.59. The van der Waals surface area contributed by atoms with Gasteiger partial charge in [0.15, 0.2) is 0 Å². The first kappa shape index (κ1) is 13.5. The third-order valence-corrected chi connectivity index (χ3v) is 4.72. The minimum atomic E-state index is 0.690. The van der Waals surface area contributed by atoms with Crippen molar-refractivity contribution < 1.29 is 4.74 Å². The molecule has 1 N–H and O–H groups in total. The molecular weight excluding hydrogens is 266 g/mol. The van der Waals surface area contributed by atoms with E-state index < -0.39 is 0 Å². The molecule has 1 atom stereocenters. The lowest BCUT2D eigenvalue weighted by Crippen LogP contribution is -2.07. The van der Waals surface area contributed by atoms with Crippen molar-refractivity contribution in [2.45, 2.75) is 22.1 Å². The van der Waals surface area contributed by atoms with E-state index in [-0.39, 0.29) is 0 Å². The number of nitrogens with one attached hydrogen (secondary N) is 1. The van der Waals surface area contributed by atoms with Crippen LogP contribution in [0, 0.1) is 0 Å². The molecule has 3 rings (SSSR count). The fraction of sp³-hybridized carbons (Fsp3) is 0.294. The Hall–Kier alpha value is -1.45. The Balaban J connectivity index is 1.67. The molecule has 0 saturated carbocycles. The van der Waals surface area contributed by atoms with Crippen LogP contribution in [-0.2, 0) is 0 Å². The lowest BCUT2D eigenvalue weighted by Gasteiger charge is -2.09. The highest BCUT2D eigenvalue weighted by Crippen LogP contribution is 2.31. The summed E-state index contributed by atoms with van der Waals surface area (Å²) >= 11 is 1.79. The number of rotatable bonds is 4. The number of methoxy groups -OCH3 is 1. The van der Waals surface area contributed by atoms with E-state index in [0.29, 0.717) is 5.92 Å². The third kappa shape index (κ3) is 3.17. The van der Waals surface area contributed by atoms with Crippen molar-refractivity contribution in [1.82, 2.24) is 5.32 Å². The Morgan fingerprint density at radius 3 is 2.20 bits per heavy atom. The van der Waals surface area contributed by atoms with E-state index in [9.17, 15) is 0 Å². The van der Waals surface area contributed by atoms with E-state index in [4.69, 9.17) is 4.74 Å². The molecule has 20 heavy (non-hydrogen) atoms. The van der Waals surface area contributed by atoms with E-state index in [1.54, 1.807) is 18.9 Å². The van der Waals surface area contributed by atoms with Gasteiger partial charge in [-0.1, -0.05) is 23.9 Å². The monoisotopic (exact) mass is 285 g/mol. The van der Waals surface area contributed by atoms with Crippen molar-refractivity contribution in [2.75, 3.05) is 20.2 Å². The molecule has 0 radical (unpaired) electrons. The Bertz CT molecular complexity index is 544. The van der Waals surface area contributed by atoms with Crippen molar-refractivity contribution in [2.24, 2.45) is 0 Å². The van der Waals surface area contributed by atoms with E-state index in [0.717, 1.165) is 18.8 Å². The van der Waals surface area contributed by atoms with Gasteiger partial charge in [-0.25, -0.2) is 0 Å². The number of benzene rings is 2. The molecule has 1 heterocycles. The van der Waals surface area contributed by atoms with Gasteiger partial charge in [0.05, 0.1) is 7.11 Å². The molecule has 0 aromatic heterocycles. The average Bonchev–Trinajstić information content (AvgIpc) is 3.03. The molecule has 1 saturated heterocycles. The second-order valence-corrected chi connectivity index (χ2v) is 6.18. The molecule has 2 aromatic rings. The molecule has 0 aliphatic carbocycles. The van der Waals surface area contributed by atoms with E-state index in [1.165, 1.54) is 21.8 Å². The lowest BCUT2D eigenvalue weighted by atomic mass is 9.99. The zero-order chi connectivity index (χ0) is 13.8. The quantitative estimate of drug-likeness (QED) is 0.920.